The van der Waals surface area contributed by atoms with Gasteiger partial charge in [0.15, 0.2) is 0 Å². The molecule has 0 bridgehead atoms. The van der Waals surface area contributed by atoms with E-state index in [0.29, 0.717) is 18.5 Å². The lowest BCUT2D eigenvalue weighted by atomic mass is 10.1. The van der Waals surface area contributed by atoms with Gasteiger partial charge in [-0.3, -0.25) is 9.59 Å². The summed E-state index contributed by atoms with van der Waals surface area (Å²) in [7, 11) is 0. The molecule has 1 fully saturated rings. The zero-order valence-electron chi connectivity index (χ0n) is 14.0. The second-order valence-corrected chi connectivity index (χ2v) is 7.22. The van der Waals surface area contributed by atoms with Gasteiger partial charge in [0.05, 0.1) is 0 Å². The molecule has 2 amide bonds. The van der Waals surface area contributed by atoms with Gasteiger partial charge in [-0.05, 0) is 60.4 Å². The lowest BCUT2D eigenvalue weighted by Gasteiger charge is -2.29. The normalized spacial score (nSPS) is 17.1. The summed E-state index contributed by atoms with van der Waals surface area (Å²) in [5.41, 5.74) is 2.98. The molecule has 0 unspecified atom stereocenters. The van der Waals surface area contributed by atoms with Crippen LogP contribution in [0.25, 0.3) is 11.1 Å². The first-order valence-electron chi connectivity index (χ1n) is 8.27. The summed E-state index contributed by atoms with van der Waals surface area (Å²) in [4.78, 5) is 26.1. The van der Waals surface area contributed by atoms with E-state index < -0.39 is 0 Å². The van der Waals surface area contributed by atoms with Gasteiger partial charge in [0.1, 0.15) is 0 Å². The van der Waals surface area contributed by atoms with Crippen LogP contribution in [-0.2, 0) is 4.79 Å². The Morgan fingerprint density at radius 2 is 2.00 bits per heavy atom. The Bertz CT molecular complexity index is 707. The van der Waals surface area contributed by atoms with Crippen LogP contribution < -0.4 is 5.32 Å². The van der Waals surface area contributed by atoms with Crippen LogP contribution in [0.2, 0.25) is 0 Å². The van der Waals surface area contributed by atoms with Gasteiger partial charge in [0, 0.05) is 30.6 Å². The minimum absolute atomic E-state index is 0.0167. The van der Waals surface area contributed by atoms with Crippen LogP contribution in [-0.4, -0.2) is 35.3 Å². The van der Waals surface area contributed by atoms with Crippen LogP contribution in [0.4, 0.5) is 0 Å². The molecule has 5 heteroatoms. The van der Waals surface area contributed by atoms with E-state index in [0.717, 1.165) is 12.0 Å². The van der Waals surface area contributed by atoms with Gasteiger partial charge in [-0.1, -0.05) is 12.1 Å². The third-order valence-corrected chi connectivity index (χ3v) is 5.06. The van der Waals surface area contributed by atoms with E-state index in [-0.39, 0.29) is 23.9 Å². The fourth-order valence-corrected chi connectivity index (χ4v) is 3.64. The molecule has 1 aromatic carbocycles. The molecule has 4 nitrogen and oxygen atoms in total. The Morgan fingerprint density at radius 1 is 1.25 bits per heavy atom. The Morgan fingerprint density at radius 3 is 2.54 bits per heavy atom. The summed E-state index contributed by atoms with van der Waals surface area (Å²) in [6, 6.07) is 9.98. The summed E-state index contributed by atoms with van der Waals surface area (Å²) >= 11 is 1.66. The summed E-state index contributed by atoms with van der Waals surface area (Å²) < 4.78 is 0. The highest BCUT2D eigenvalue weighted by Crippen LogP contribution is 2.23. The van der Waals surface area contributed by atoms with Crippen molar-refractivity contribution in [2.75, 3.05) is 6.54 Å². The molecule has 3 rings (SSSR count). The van der Waals surface area contributed by atoms with Gasteiger partial charge in [0.25, 0.3) is 5.91 Å². The quantitative estimate of drug-likeness (QED) is 0.903. The summed E-state index contributed by atoms with van der Waals surface area (Å²) in [5, 5.41) is 7.09. The lowest BCUT2D eigenvalue weighted by Crippen LogP contribution is -2.45. The average molecular weight is 342 g/mol. The van der Waals surface area contributed by atoms with Crippen LogP contribution in [0.15, 0.2) is 41.1 Å². The van der Waals surface area contributed by atoms with Crippen molar-refractivity contribution in [1.29, 1.82) is 0 Å². The van der Waals surface area contributed by atoms with E-state index in [2.05, 4.69) is 16.8 Å². The molecule has 126 valence electrons. The Kier molecular flexibility index (Phi) is 5.00. The molecule has 2 aromatic rings. The monoisotopic (exact) mass is 342 g/mol. The van der Waals surface area contributed by atoms with Gasteiger partial charge < -0.3 is 10.2 Å². The minimum Gasteiger partial charge on any atom is -0.352 e. The molecule has 0 saturated carbocycles. The highest BCUT2D eigenvalue weighted by atomic mass is 32.1. The van der Waals surface area contributed by atoms with Gasteiger partial charge in [-0.15, -0.1) is 0 Å². The van der Waals surface area contributed by atoms with Crippen molar-refractivity contribution in [2.24, 2.45) is 0 Å². The van der Waals surface area contributed by atoms with Gasteiger partial charge >= 0.3 is 0 Å². The second kappa shape index (κ2) is 7.18. The smallest absolute Gasteiger partial charge is 0.254 e. The van der Waals surface area contributed by atoms with E-state index in [1.807, 2.05) is 48.4 Å². The van der Waals surface area contributed by atoms with Gasteiger partial charge in [-0.25, -0.2) is 0 Å². The Hall–Kier alpha value is -2.14. The molecule has 1 atom stereocenters. The SMILES string of the molecule is CC(C)N(C[C@H]1CCC(=O)N1)C(=O)c1ccc(-c2ccsc2)cc1. The third-order valence-electron chi connectivity index (χ3n) is 4.37. The number of carbonyl (C=O) groups excluding carboxylic acids is 2. The highest BCUT2D eigenvalue weighted by molar-refractivity contribution is 7.08. The first-order valence-corrected chi connectivity index (χ1v) is 9.22. The number of hydrogen-bond donors (Lipinski definition) is 1. The Balaban J connectivity index is 1.73. The van der Waals surface area contributed by atoms with Crippen molar-refractivity contribution in [3.63, 3.8) is 0 Å². The highest BCUT2D eigenvalue weighted by Gasteiger charge is 2.27. The number of hydrogen-bond acceptors (Lipinski definition) is 3. The summed E-state index contributed by atoms with van der Waals surface area (Å²) in [6.45, 7) is 4.58. The number of benzene rings is 1. The van der Waals surface area contributed by atoms with Crippen LogP contribution in [0.5, 0.6) is 0 Å². The summed E-state index contributed by atoms with van der Waals surface area (Å²) in [5.74, 6) is 0.0966. The second-order valence-electron chi connectivity index (χ2n) is 6.44. The van der Waals surface area contributed by atoms with Gasteiger partial charge in [-0.2, -0.15) is 11.3 Å². The fourth-order valence-electron chi connectivity index (χ4n) is 2.98. The molecular formula is C19H22N2O2S. The molecule has 1 aliphatic rings. The molecule has 1 N–H and O–H groups in total. The van der Waals surface area contributed by atoms with Crippen molar-refractivity contribution < 1.29 is 9.59 Å². The maximum atomic E-state index is 12.9. The zero-order chi connectivity index (χ0) is 17.1. The van der Waals surface area contributed by atoms with E-state index in [1.54, 1.807) is 11.3 Å². The van der Waals surface area contributed by atoms with Gasteiger partial charge in [0.2, 0.25) is 5.91 Å². The molecule has 0 spiro atoms. The number of carbonyl (C=O) groups is 2. The maximum Gasteiger partial charge on any atom is 0.254 e. The van der Waals surface area contributed by atoms with Crippen molar-refractivity contribution in [2.45, 2.75) is 38.8 Å². The number of nitrogens with one attached hydrogen (secondary N) is 1. The van der Waals surface area contributed by atoms with Crippen molar-refractivity contribution in [3.8, 4) is 11.1 Å². The molecule has 1 aromatic heterocycles. The topological polar surface area (TPSA) is 49.4 Å². The van der Waals surface area contributed by atoms with Crippen molar-refractivity contribution in [3.05, 3.63) is 46.7 Å². The lowest BCUT2D eigenvalue weighted by molar-refractivity contribution is -0.119. The molecule has 1 aliphatic heterocycles. The van der Waals surface area contributed by atoms with Crippen LogP contribution >= 0.6 is 11.3 Å². The van der Waals surface area contributed by atoms with Crippen LogP contribution in [0, 0.1) is 0 Å². The van der Waals surface area contributed by atoms with E-state index in [9.17, 15) is 9.59 Å². The first-order chi connectivity index (χ1) is 11.5. The zero-order valence-corrected chi connectivity index (χ0v) is 14.8. The first kappa shape index (κ1) is 16.7. The van der Waals surface area contributed by atoms with Crippen LogP contribution in [0.1, 0.15) is 37.0 Å². The predicted molar refractivity (Wildman–Crippen MR) is 97.1 cm³/mol. The average Bonchev–Trinajstić information content (AvgIpc) is 3.23. The molecular weight excluding hydrogens is 320 g/mol. The molecule has 0 aliphatic carbocycles. The Labute approximate surface area is 146 Å². The number of amides is 2. The minimum atomic E-state index is 0.0167. The summed E-state index contributed by atoms with van der Waals surface area (Å²) in [6.07, 6.45) is 1.35. The van der Waals surface area contributed by atoms with E-state index >= 15 is 0 Å². The predicted octanol–water partition coefficient (Wildman–Crippen LogP) is 3.54. The molecule has 2 heterocycles. The van der Waals surface area contributed by atoms with Crippen LogP contribution in [0.3, 0.4) is 0 Å². The molecule has 1 saturated heterocycles. The number of thiophene rings is 1. The number of nitrogens with zero attached hydrogens (tertiary/aromatic N) is 1. The van der Waals surface area contributed by atoms with Crippen molar-refractivity contribution in [1.82, 2.24) is 10.2 Å². The maximum absolute atomic E-state index is 12.9. The standard InChI is InChI=1S/C19H22N2O2S/c1-13(2)21(11-17-7-8-18(22)20-17)19(23)15-5-3-14(4-6-15)16-9-10-24-12-16/h3-6,9-10,12-13,17H,7-8,11H2,1-2H3,(H,20,22)/t17-/m1/s1. The molecule has 24 heavy (non-hydrogen) atoms. The van der Waals surface area contributed by atoms with Crippen molar-refractivity contribution >= 4 is 23.2 Å². The largest absolute Gasteiger partial charge is 0.352 e. The molecule has 0 radical (unpaired) electrons. The van der Waals surface area contributed by atoms with E-state index in [4.69, 9.17) is 0 Å². The number of rotatable bonds is 5. The third kappa shape index (κ3) is 3.67. The fraction of sp³-hybridized carbons (Fsp3) is 0.368. The van der Waals surface area contributed by atoms with E-state index in [1.165, 1.54) is 5.56 Å².